The minimum Gasteiger partial charge on any atom is -0.392 e. The molecule has 0 aromatic heterocycles. The summed E-state index contributed by atoms with van der Waals surface area (Å²) in [5, 5.41) is 9.45. The summed E-state index contributed by atoms with van der Waals surface area (Å²) in [5.74, 6) is 0.548. The molecular formula is C23H23N3O. The molecule has 0 saturated carbocycles. The molecular weight excluding hydrogens is 334 g/mol. The predicted octanol–water partition coefficient (Wildman–Crippen LogP) is 3.35. The van der Waals surface area contributed by atoms with Gasteiger partial charge in [-0.05, 0) is 39.9 Å². The van der Waals surface area contributed by atoms with Crippen LogP contribution >= 0.6 is 0 Å². The fourth-order valence-corrected chi connectivity index (χ4v) is 3.74. The summed E-state index contributed by atoms with van der Waals surface area (Å²) in [5.41, 5.74) is 10.9. The van der Waals surface area contributed by atoms with E-state index in [1.54, 1.807) is 0 Å². The SMILES string of the molecule is CN1CC(c2ccccc2)(c2cccc(-c3cccc(CO)c3)c2)N=C1N. The van der Waals surface area contributed by atoms with E-state index in [0.717, 1.165) is 27.8 Å². The van der Waals surface area contributed by atoms with Crippen molar-refractivity contribution in [2.75, 3.05) is 13.6 Å². The second-order valence-corrected chi connectivity index (χ2v) is 6.99. The van der Waals surface area contributed by atoms with E-state index in [1.807, 2.05) is 48.3 Å². The molecule has 3 aromatic carbocycles. The molecule has 136 valence electrons. The lowest BCUT2D eigenvalue weighted by molar-refractivity contribution is 0.282. The minimum atomic E-state index is -0.523. The first-order valence-corrected chi connectivity index (χ1v) is 9.05. The molecule has 0 fully saturated rings. The third kappa shape index (κ3) is 3.09. The number of likely N-dealkylation sites (N-methyl/N-ethyl adjacent to an activating group) is 1. The Morgan fingerprint density at radius 2 is 1.59 bits per heavy atom. The van der Waals surface area contributed by atoms with Gasteiger partial charge in [0.1, 0.15) is 5.54 Å². The molecule has 4 nitrogen and oxygen atoms in total. The van der Waals surface area contributed by atoms with Gasteiger partial charge in [0.25, 0.3) is 0 Å². The van der Waals surface area contributed by atoms with Gasteiger partial charge in [0.05, 0.1) is 13.2 Å². The monoisotopic (exact) mass is 357 g/mol. The molecule has 0 radical (unpaired) electrons. The van der Waals surface area contributed by atoms with Crippen molar-refractivity contribution in [2.45, 2.75) is 12.1 Å². The second-order valence-electron chi connectivity index (χ2n) is 6.99. The van der Waals surface area contributed by atoms with Gasteiger partial charge in [0.2, 0.25) is 0 Å². The first-order valence-electron chi connectivity index (χ1n) is 9.05. The summed E-state index contributed by atoms with van der Waals surface area (Å²) in [6, 6.07) is 26.7. The molecule has 4 rings (SSSR count). The first kappa shape index (κ1) is 17.3. The van der Waals surface area contributed by atoms with Crippen LogP contribution in [0.25, 0.3) is 11.1 Å². The number of nitrogens with zero attached hydrogens (tertiary/aromatic N) is 2. The van der Waals surface area contributed by atoms with Crippen molar-refractivity contribution >= 4 is 5.96 Å². The molecule has 0 saturated heterocycles. The number of hydrogen-bond acceptors (Lipinski definition) is 4. The van der Waals surface area contributed by atoms with Crippen molar-refractivity contribution in [3.05, 3.63) is 95.6 Å². The zero-order valence-electron chi connectivity index (χ0n) is 15.3. The normalized spacial score (nSPS) is 19.2. The number of guanidine groups is 1. The number of rotatable bonds is 4. The van der Waals surface area contributed by atoms with Crippen LogP contribution < -0.4 is 5.73 Å². The van der Waals surface area contributed by atoms with Crippen LogP contribution in [0.15, 0.2) is 83.9 Å². The molecule has 3 aromatic rings. The predicted molar refractivity (Wildman–Crippen MR) is 109 cm³/mol. The quantitative estimate of drug-likeness (QED) is 0.753. The average Bonchev–Trinajstić information content (AvgIpc) is 3.04. The molecule has 0 spiro atoms. The van der Waals surface area contributed by atoms with Crippen LogP contribution in [0, 0.1) is 0 Å². The summed E-state index contributed by atoms with van der Waals surface area (Å²) in [6.07, 6.45) is 0. The summed E-state index contributed by atoms with van der Waals surface area (Å²) in [6.45, 7) is 0.732. The Kier molecular flexibility index (Phi) is 4.42. The molecule has 1 aliphatic heterocycles. The molecule has 27 heavy (non-hydrogen) atoms. The van der Waals surface area contributed by atoms with E-state index in [2.05, 4.69) is 42.5 Å². The minimum absolute atomic E-state index is 0.0348. The summed E-state index contributed by atoms with van der Waals surface area (Å²) in [4.78, 5) is 6.88. The van der Waals surface area contributed by atoms with Crippen LogP contribution in [0.3, 0.4) is 0 Å². The highest BCUT2D eigenvalue weighted by molar-refractivity contribution is 5.82. The topological polar surface area (TPSA) is 61.8 Å². The van der Waals surface area contributed by atoms with Gasteiger partial charge in [-0.2, -0.15) is 0 Å². The molecule has 1 unspecified atom stereocenters. The molecule has 0 bridgehead atoms. The van der Waals surface area contributed by atoms with Gasteiger partial charge in [0, 0.05) is 7.05 Å². The van der Waals surface area contributed by atoms with Gasteiger partial charge >= 0.3 is 0 Å². The number of aliphatic hydroxyl groups is 1. The Labute approximate surface area is 159 Å². The van der Waals surface area contributed by atoms with Crippen molar-refractivity contribution in [1.29, 1.82) is 0 Å². The van der Waals surface area contributed by atoms with Gasteiger partial charge in [-0.3, -0.25) is 0 Å². The zero-order chi connectivity index (χ0) is 18.9. The Hall–Kier alpha value is -3.11. The zero-order valence-corrected chi connectivity index (χ0v) is 15.3. The number of benzene rings is 3. The maximum atomic E-state index is 9.45. The molecule has 3 N–H and O–H groups in total. The van der Waals surface area contributed by atoms with E-state index in [1.165, 1.54) is 0 Å². The van der Waals surface area contributed by atoms with Crippen LogP contribution in [0.2, 0.25) is 0 Å². The largest absolute Gasteiger partial charge is 0.392 e. The standard InChI is InChI=1S/C23H23N3O/c1-26-16-23(25-22(26)24,20-10-3-2-4-11-20)21-12-6-9-19(14-21)18-8-5-7-17(13-18)15-27/h2-14,27H,15-16H2,1H3,(H2,24,25). The van der Waals surface area contributed by atoms with Gasteiger partial charge < -0.3 is 15.7 Å². The lowest BCUT2D eigenvalue weighted by Crippen LogP contribution is -2.34. The van der Waals surface area contributed by atoms with E-state index in [4.69, 9.17) is 10.7 Å². The van der Waals surface area contributed by atoms with E-state index in [0.29, 0.717) is 12.5 Å². The highest BCUT2D eigenvalue weighted by Gasteiger charge is 2.40. The molecule has 1 aliphatic rings. The average molecular weight is 357 g/mol. The van der Waals surface area contributed by atoms with Crippen LogP contribution in [-0.2, 0) is 12.1 Å². The molecule has 4 heteroatoms. The van der Waals surface area contributed by atoms with Gasteiger partial charge in [-0.1, -0.05) is 66.7 Å². The van der Waals surface area contributed by atoms with Crippen LogP contribution in [0.5, 0.6) is 0 Å². The van der Waals surface area contributed by atoms with Crippen LogP contribution in [0.4, 0.5) is 0 Å². The Morgan fingerprint density at radius 1 is 0.926 bits per heavy atom. The number of aliphatic hydroxyl groups excluding tert-OH is 1. The van der Waals surface area contributed by atoms with Crippen molar-refractivity contribution < 1.29 is 5.11 Å². The van der Waals surface area contributed by atoms with Crippen molar-refractivity contribution in [3.63, 3.8) is 0 Å². The number of nitrogens with two attached hydrogens (primary N) is 1. The maximum Gasteiger partial charge on any atom is 0.192 e. The smallest absolute Gasteiger partial charge is 0.192 e. The maximum absolute atomic E-state index is 9.45. The molecule has 0 aliphatic carbocycles. The van der Waals surface area contributed by atoms with Crippen molar-refractivity contribution in [3.8, 4) is 11.1 Å². The third-order valence-corrected chi connectivity index (χ3v) is 5.20. The second kappa shape index (κ2) is 6.89. The number of hydrogen-bond donors (Lipinski definition) is 2. The molecule has 1 atom stereocenters. The third-order valence-electron chi connectivity index (χ3n) is 5.20. The fourth-order valence-electron chi connectivity index (χ4n) is 3.74. The van der Waals surface area contributed by atoms with Crippen molar-refractivity contribution in [2.24, 2.45) is 10.7 Å². The van der Waals surface area contributed by atoms with Crippen molar-refractivity contribution in [1.82, 2.24) is 4.90 Å². The fraction of sp³-hybridized carbons (Fsp3) is 0.174. The van der Waals surface area contributed by atoms with E-state index < -0.39 is 5.54 Å². The number of aliphatic imine (C=N–C) groups is 1. The summed E-state index contributed by atoms with van der Waals surface area (Å²) in [7, 11) is 1.97. The highest BCUT2D eigenvalue weighted by atomic mass is 16.3. The van der Waals surface area contributed by atoms with E-state index in [9.17, 15) is 5.11 Å². The van der Waals surface area contributed by atoms with E-state index in [-0.39, 0.29) is 6.61 Å². The van der Waals surface area contributed by atoms with Gasteiger partial charge in [0.15, 0.2) is 5.96 Å². The van der Waals surface area contributed by atoms with Gasteiger partial charge in [-0.25, -0.2) is 4.99 Å². The van der Waals surface area contributed by atoms with E-state index >= 15 is 0 Å². The Bertz CT molecular complexity index is 984. The first-order chi connectivity index (χ1) is 13.1. The van der Waals surface area contributed by atoms with Crippen LogP contribution in [-0.4, -0.2) is 29.6 Å². The lowest BCUT2D eigenvalue weighted by Gasteiger charge is -2.28. The summed E-state index contributed by atoms with van der Waals surface area (Å²) < 4.78 is 0. The lowest BCUT2D eigenvalue weighted by atomic mass is 9.82. The highest BCUT2D eigenvalue weighted by Crippen LogP contribution is 2.39. The van der Waals surface area contributed by atoms with Gasteiger partial charge in [-0.15, -0.1) is 0 Å². The van der Waals surface area contributed by atoms with Crippen LogP contribution in [0.1, 0.15) is 16.7 Å². The Morgan fingerprint density at radius 3 is 2.26 bits per heavy atom. The molecule has 0 amide bonds. The Balaban J connectivity index is 1.85. The molecule has 1 heterocycles. The summed E-state index contributed by atoms with van der Waals surface area (Å²) >= 11 is 0.